The van der Waals surface area contributed by atoms with E-state index in [4.69, 9.17) is 10.5 Å². The lowest BCUT2D eigenvalue weighted by molar-refractivity contribution is -0.121. The highest BCUT2D eigenvalue weighted by atomic mass is 35.5. The first-order chi connectivity index (χ1) is 9.08. The molecule has 0 aliphatic rings. The summed E-state index contributed by atoms with van der Waals surface area (Å²) in [7, 11) is 1.65. The molecule has 114 valence electrons. The number of para-hydroxylation sites is 1. The summed E-state index contributed by atoms with van der Waals surface area (Å²) in [4.78, 5) is 11.8. The van der Waals surface area contributed by atoms with Gasteiger partial charge < -0.3 is 15.8 Å². The van der Waals surface area contributed by atoms with Gasteiger partial charge in [0.25, 0.3) is 0 Å². The van der Waals surface area contributed by atoms with Crippen LogP contribution in [0.2, 0.25) is 0 Å². The first-order valence-electron chi connectivity index (χ1n) is 6.70. The molecule has 0 saturated carbocycles. The molecule has 1 amide bonds. The summed E-state index contributed by atoms with van der Waals surface area (Å²) in [5.41, 5.74) is 6.43. The molecule has 0 aromatic heterocycles. The van der Waals surface area contributed by atoms with Crippen LogP contribution >= 0.6 is 12.4 Å². The lowest BCUT2D eigenvalue weighted by atomic mass is 9.96. The molecule has 0 heterocycles. The fourth-order valence-electron chi connectivity index (χ4n) is 2.09. The minimum atomic E-state index is -0.0322. The zero-order valence-electron chi connectivity index (χ0n) is 12.4. The Morgan fingerprint density at radius 1 is 1.35 bits per heavy atom. The summed E-state index contributed by atoms with van der Waals surface area (Å²) in [6, 6.07) is 7.76. The van der Waals surface area contributed by atoms with Gasteiger partial charge in [0.15, 0.2) is 0 Å². The van der Waals surface area contributed by atoms with E-state index in [2.05, 4.69) is 19.2 Å². The molecule has 4 nitrogen and oxygen atoms in total. The predicted octanol–water partition coefficient (Wildman–Crippen LogP) is 2.67. The molecule has 1 aromatic rings. The van der Waals surface area contributed by atoms with Gasteiger partial charge in [0.05, 0.1) is 13.2 Å². The van der Waals surface area contributed by atoms with Crippen LogP contribution in [0.25, 0.3) is 0 Å². The summed E-state index contributed by atoms with van der Waals surface area (Å²) in [5.74, 6) is 1.27. The molecule has 0 fully saturated rings. The first kappa shape index (κ1) is 18.7. The number of rotatable bonds is 7. The van der Waals surface area contributed by atoms with Crippen molar-refractivity contribution in [2.75, 3.05) is 13.7 Å². The van der Waals surface area contributed by atoms with Gasteiger partial charge in [-0.05, 0) is 18.4 Å². The molecule has 0 aliphatic heterocycles. The number of nitrogens with one attached hydrogen (secondary N) is 1. The number of amides is 1. The van der Waals surface area contributed by atoms with Crippen molar-refractivity contribution >= 4 is 18.3 Å². The standard InChI is InChI=1S/C15H24N2O2.ClH/c1-11(2)10-13(17-15(18)8-9-16)12-6-4-5-7-14(12)19-3;/h4-7,11,13H,8-10,16H2,1-3H3,(H,17,18);1H. The Hall–Kier alpha value is -1.26. The Labute approximate surface area is 127 Å². The Balaban J connectivity index is 0.00000361. The zero-order chi connectivity index (χ0) is 14.3. The van der Waals surface area contributed by atoms with Crippen LogP contribution in [-0.2, 0) is 4.79 Å². The Morgan fingerprint density at radius 3 is 2.55 bits per heavy atom. The zero-order valence-corrected chi connectivity index (χ0v) is 13.2. The van der Waals surface area contributed by atoms with E-state index in [0.717, 1.165) is 17.7 Å². The smallest absolute Gasteiger partial charge is 0.221 e. The van der Waals surface area contributed by atoms with Gasteiger partial charge in [-0.3, -0.25) is 4.79 Å². The maximum atomic E-state index is 11.8. The van der Waals surface area contributed by atoms with Crippen molar-refractivity contribution in [3.8, 4) is 5.75 Å². The lowest BCUT2D eigenvalue weighted by Gasteiger charge is -2.23. The van der Waals surface area contributed by atoms with E-state index in [0.29, 0.717) is 18.9 Å². The normalized spacial score (nSPS) is 11.7. The van der Waals surface area contributed by atoms with Gasteiger partial charge in [-0.1, -0.05) is 32.0 Å². The quantitative estimate of drug-likeness (QED) is 0.813. The molecule has 0 spiro atoms. The van der Waals surface area contributed by atoms with E-state index in [1.165, 1.54) is 0 Å². The molecule has 1 atom stereocenters. The molecule has 1 rings (SSSR count). The predicted molar refractivity (Wildman–Crippen MR) is 84.3 cm³/mol. The highest BCUT2D eigenvalue weighted by Gasteiger charge is 2.19. The number of ether oxygens (including phenoxy) is 1. The highest BCUT2D eigenvalue weighted by Crippen LogP contribution is 2.29. The van der Waals surface area contributed by atoms with Crippen LogP contribution in [0.4, 0.5) is 0 Å². The van der Waals surface area contributed by atoms with E-state index in [1.807, 2.05) is 24.3 Å². The number of carbonyl (C=O) groups excluding carboxylic acids is 1. The van der Waals surface area contributed by atoms with Crippen LogP contribution in [0, 0.1) is 5.92 Å². The maximum Gasteiger partial charge on any atom is 0.221 e. The maximum absolute atomic E-state index is 11.8. The van der Waals surface area contributed by atoms with Crippen LogP contribution in [-0.4, -0.2) is 19.6 Å². The fraction of sp³-hybridized carbons (Fsp3) is 0.533. The average Bonchev–Trinajstić information content (AvgIpc) is 2.37. The molecular weight excluding hydrogens is 276 g/mol. The first-order valence-corrected chi connectivity index (χ1v) is 6.70. The molecule has 0 aliphatic carbocycles. The highest BCUT2D eigenvalue weighted by molar-refractivity contribution is 5.85. The molecular formula is C15H25ClN2O2. The van der Waals surface area contributed by atoms with E-state index in [9.17, 15) is 4.79 Å². The van der Waals surface area contributed by atoms with E-state index >= 15 is 0 Å². The topological polar surface area (TPSA) is 64.3 Å². The van der Waals surface area contributed by atoms with Gasteiger partial charge >= 0.3 is 0 Å². The largest absolute Gasteiger partial charge is 0.496 e. The van der Waals surface area contributed by atoms with Crippen molar-refractivity contribution in [3.05, 3.63) is 29.8 Å². The number of nitrogens with two attached hydrogens (primary N) is 1. The summed E-state index contributed by atoms with van der Waals surface area (Å²) in [6.07, 6.45) is 1.22. The number of hydrogen-bond donors (Lipinski definition) is 2. The van der Waals surface area contributed by atoms with E-state index in [-0.39, 0.29) is 24.4 Å². The summed E-state index contributed by atoms with van der Waals surface area (Å²) < 4.78 is 5.37. The molecule has 20 heavy (non-hydrogen) atoms. The number of carbonyl (C=O) groups is 1. The van der Waals surface area contributed by atoms with Crippen molar-refractivity contribution in [1.82, 2.24) is 5.32 Å². The summed E-state index contributed by atoms with van der Waals surface area (Å²) in [5, 5.41) is 3.04. The molecule has 3 N–H and O–H groups in total. The van der Waals surface area contributed by atoms with Crippen LogP contribution in [0.15, 0.2) is 24.3 Å². The Morgan fingerprint density at radius 2 is 2.00 bits per heavy atom. The van der Waals surface area contributed by atoms with E-state index < -0.39 is 0 Å². The average molecular weight is 301 g/mol. The minimum absolute atomic E-state index is 0. The van der Waals surface area contributed by atoms with Crippen LogP contribution in [0.3, 0.4) is 0 Å². The van der Waals surface area contributed by atoms with Gasteiger partial charge in [0.2, 0.25) is 5.91 Å². The molecule has 5 heteroatoms. The van der Waals surface area contributed by atoms with E-state index in [1.54, 1.807) is 7.11 Å². The molecule has 1 aromatic carbocycles. The Kier molecular flexibility index (Phi) is 9.01. The second kappa shape index (κ2) is 9.61. The second-order valence-corrected chi connectivity index (χ2v) is 5.03. The van der Waals surface area contributed by atoms with Gasteiger partial charge in [-0.2, -0.15) is 0 Å². The Bertz CT molecular complexity index is 411. The van der Waals surface area contributed by atoms with Crippen molar-refractivity contribution in [1.29, 1.82) is 0 Å². The van der Waals surface area contributed by atoms with Crippen molar-refractivity contribution in [3.63, 3.8) is 0 Å². The molecule has 0 bridgehead atoms. The third-order valence-corrected chi connectivity index (χ3v) is 2.93. The third kappa shape index (κ3) is 5.80. The van der Waals surface area contributed by atoms with Crippen LogP contribution < -0.4 is 15.8 Å². The summed E-state index contributed by atoms with van der Waals surface area (Å²) >= 11 is 0. The van der Waals surface area contributed by atoms with Gasteiger partial charge in [0, 0.05) is 18.5 Å². The second-order valence-electron chi connectivity index (χ2n) is 5.03. The van der Waals surface area contributed by atoms with Gasteiger partial charge in [-0.25, -0.2) is 0 Å². The molecule has 1 unspecified atom stereocenters. The van der Waals surface area contributed by atoms with Crippen LogP contribution in [0.1, 0.15) is 38.3 Å². The molecule has 0 saturated heterocycles. The van der Waals surface area contributed by atoms with Gasteiger partial charge in [0.1, 0.15) is 5.75 Å². The SMILES string of the molecule is COc1ccccc1C(CC(C)C)NC(=O)CCN.Cl. The fourth-order valence-corrected chi connectivity index (χ4v) is 2.09. The minimum Gasteiger partial charge on any atom is -0.496 e. The monoisotopic (exact) mass is 300 g/mol. The van der Waals surface area contributed by atoms with Crippen molar-refractivity contribution in [2.45, 2.75) is 32.7 Å². The lowest BCUT2D eigenvalue weighted by Crippen LogP contribution is -2.31. The van der Waals surface area contributed by atoms with Crippen LogP contribution in [0.5, 0.6) is 5.75 Å². The third-order valence-electron chi connectivity index (χ3n) is 2.93. The van der Waals surface area contributed by atoms with Crippen molar-refractivity contribution in [2.24, 2.45) is 11.7 Å². The number of halogens is 1. The molecule has 0 radical (unpaired) electrons. The van der Waals surface area contributed by atoms with Gasteiger partial charge in [-0.15, -0.1) is 12.4 Å². The number of methoxy groups -OCH3 is 1. The number of benzene rings is 1. The van der Waals surface area contributed by atoms with Crippen molar-refractivity contribution < 1.29 is 9.53 Å². The number of hydrogen-bond acceptors (Lipinski definition) is 3. The summed E-state index contributed by atoms with van der Waals surface area (Å²) in [6.45, 7) is 4.64.